The van der Waals surface area contributed by atoms with Crippen molar-refractivity contribution in [3.8, 4) is 0 Å². The fourth-order valence-corrected chi connectivity index (χ4v) is 10.6. The number of ether oxygens (including phenoxy) is 1. The number of cyclic esters (lactones) is 1. The van der Waals surface area contributed by atoms with Gasteiger partial charge in [-0.2, -0.15) is 0 Å². The quantitative estimate of drug-likeness (QED) is 0.0597. The van der Waals surface area contributed by atoms with Crippen molar-refractivity contribution in [2.75, 3.05) is 6.54 Å². The standard InChI is InChI=1S/C60H93N5O12/c1-11-45-34-40(7)60(76,63-55(45)71)43(10)53(69)39(6)29-32-49(67)37(4)22-15-12-16-23-38(5)51-28-20-14-19-27-50(68)42(9)54(70)46(31-30-41(8)66)56(72)62-52(36(2)3)57(73)61-48(35-44-24-17-13-18-25-44)58(74)65-33-21-26-47(64-65)59(75)77-51/h12-14,16-20,23-25,27,36-37,39-40,42-43,45-54,64,67-70,76H,11,15,21-22,26,28-35H2,1-10H3,(H,61,73)(H,62,72)(H,63,71)/b16-12+,20-14+,27-19+,38-23+/t37?,39?,40-,42?,43?,45?,46+,47?,48?,49?,50-,51-,52?,53?,54?,60+/m0/s1. The lowest BCUT2D eigenvalue weighted by Crippen LogP contribution is -2.65. The van der Waals surface area contributed by atoms with Crippen LogP contribution in [0.25, 0.3) is 0 Å². The minimum atomic E-state index is -1.52. The molecule has 11 unspecified atom stereocenters. The van der Waals surface area contributed by atoms with Crippen LogP contribution in [0.2, 0.25) is 0 Å². The van der Waals surface area contributed by atoms with Gasteiger partial charge in [0.05, 0.1) is 30.3 Å². The summed E-state index contributed by atoms with van der Waals surface area (Å²) in [7, 11) is 0. The Morgan fingerprint density at radius 3 is 2.27 bits per heavy atom. The van der Waals surface area contributed by atoms with Gasteiger partial charge in [-0.05, 0) is 101 Å². The SMILES string of the molecule is CCC1C[C@H](C)[C@@](O)(C(C)C(O)C(C)CCC(O)C(C)CC/C=C/C=C(\C)[C@@H]2C/C=C/C=C/[C@H](O)C(C)C(O)[C@@H](CCC(C)=O)C(=O)NC(C(C)C)C(=O)NC(Cc3ccccc3)C(=O)N3CCCC(N3)C(=O)O2)NC1=O. The number of carbonyl (C=O) groups is 6. The van der Waals surface area contributed by atoms with Gasteiger partial charge in [0.25, 0.3) is 5.91 Å². The summed E-state index contributed by atoms with van der Waals surface area (Å²) in [5, 5.41) is 66.6. The highest BCUT2D eigenvalue weighted by Crippen LogP contribution is 2.38. The number of benzene rings is 1. The molecule has 1 aromatic rings. The van der Waals surface area contributed by atoms with Gasteiger partial charge < -0.3 is 51.0 Å². The van der Waals surface area contributed by atoms with Crippen molar-refractivity contribution in [2.24, 2.45) is 47.3 Å². The smallest absolute Gasteiger partial charge is 0.325 e. The Bertz CT molecular complexity index is 2220. The third kappa shape index (κ3) is 18.8. The van der Waals surface area contributed by atoms with E-state index in [0.717, 1.165) is 11.1 Å². The number of piperidine rings is 1. The van der Waals surface area contributed by atoms with Crippen LogP contribution in [0.3, 0.4) is 0 Å². The van der Waals surface area contributed by atoms with Gasteiger partial charge in [0.1, 0.15) is 35.7 Å². The fraction of sp³-hybridized carbons (Fsp3) is 0.667. The van der Waals surface area contributed by atoms with Crippen molar-refractivity contribution >= 4 is 35.4 Å². The fourth-order valence-electron chi connectivity index (χ4n) is 10.6. The number of hydrogen-bond acceptors (Lipinski definition) is 13. The number of hydrogen-bond donors (Lipinski definition) is 9. The van der Waals surface area contributed by atoms with E-state index >= 15 is 0 Å². The second-order valence-electron chi connectivity index (χ2n) is 22.8. The van der Waals surface area contributed by atoms with Crippen LogP contribution in [-0.2, 0) is 39.9 Å². The Hall–Kier alpha value is -5.04. The van der Waals surface area contributed by atoms with Crippen LogP contribution < -0.4 is 21.4 Å². The lowest BCUT2D eigenvalue weighted by atomic mass is 9.72. The third-order valence-corrected chi connectivity index (χ3v) is 16.4. The first-order valence-electron chi connectivity index (χ1n) is 28.2. The van der Waals surface area contributed by atoms with Crippen LogP contribution in [0.15, 0.2) is 78.4 Å². The van der Waals surface area contributed by atoms with E-state index in [9.17, 15) is 54.3 Å². The molecule has 4 rings (SSSR count). The van der Waals surface area contributed by atoms with Crippen molar-refractivity contribution < 1.29 is 59.0 Å². The van der Waals surface area contributed by atoms with Gasteiger partial charge in [0.15, 0.2) is 0 Å². The number of rotatable bonds is 19. The molecule has 17 heteroatoms. The number of nitrogens with zero attached hydrogens (tertiary/aromatic N) is 1. The summed E-state index contributed by atoms with van der Waals surface area (Å²) < 4.78 is 6.19. The summed E-state index contributed by atoms with van der Waals surface area (Å²) in [4.78, 5) is 81.6. The average Bonchev–Trinajstić information content (AvgIpc) is 3.40. The molecule has 3 heterocycles. The molecule has 17 nitrogen and oxygen atoms in total. The zero-order valence-electron chi connectivity index (χ0n) is 47.4. The van der Waals surface area contributed by atoms with E-state index in [1.807, 2.05) is 83.2 Å². The van der Waals surface area contributed by atoms with Gasteiger partial charge in [-0.1, -0.05) is 128 Å². The Balaban J connectivity index is 1.51. The molecule has 77 heavy (non-hydrogen) atoms. The maximum absolute atomic E-state index is 14.5. The number of aliphatic hydroxyl groups is 5. The summed E-state index contributed by atoms with van der Waals surface area (Å²) in [5.74, 6) is -6.55. The maximum atomic E-state index is 14.5. The summed E-state index contributed by atoms with van der Waals surface area (Å²) in [6.07, 6.45) is 12.1. The Morgan fingerprint density at radius 1 is 0.909 bits per heavy atom. The van der Waals surface area contributed by atoms with Crippen molar-refractivity contribution in [3.63, 3.8) is 0 Å². The Kier molecular flexibility index (Phi) is 25.9. The van der Waals surface area contributed by atoms with Gasteiger partial charge in [-0.3, -0.25) is 29.0 Å². The molecule has 16 atom stereocenters. The maximum Gasteiger partial charge on any atom is 0.325 e. The van der Waals surface area contributed by atoms with E-state index in [1.165, 1.54) is 18.0 Å². The molecule has 0 aromatic heterocycles. The van der Waals surface area contributed by atoms with E-state index in [4.69, 9.17) is 4.74 Å². The van der Waals surface area contributed by atoms with Crippen LogP contribution in [0.5, 0.6) is 0 Å². The number of esters is 1. The molecule has 9 N–H and O–H groups in total. The topological polar surface area (TPSA) is 264 Å². The largest absolute Gasteiger partial charge is 0.456 e. The highest BCUT2D eigenvalue weighted by molar-refractivity contribution is 5.93. The highest BCUT2D eigenvalue weighted by Gasteiger charge is 2.49. The molecule has 0 spiro atoms. The molecule has 2 saturated heterocycles. The Morgan fingerprint density at radius 2 is 1.61 bits per heavy atom. The van der Waals surface area contributed by atoms with E-state index in [0.29, 0.717) is 51.4 Å². The van der Waals surface area contributed by atoms with Gasteiger partial charge in [-0.15, -0.1) is 0 Å². The summed E-state index contributed by atoms with van der Waals surface area (Å²) in [6.45, 7) is 18.0. The van der Waals surface area contributed by atoms with Gasteiger partial charge >= 0.3 is 5.97 Å². The Labute approximate surface area is 457 Å². The number of aliphatic hydroxyl groups excluding tert-OH is 4. The molecule has 0 aliphatic carbocycles. The molecule has 430 valence electrons. The normalized spacial score (nSPS) is 31.6. The van der Waals surface area contributed by atoms with Crippen molar-refractivity contribution in [1.82, 2.24) is 26.4 Å². The number of Topliss-reactive ketones (excluding diaryl/α,β-unsaturated/α-hetero) is 1. The highest BCUT2D eigenvalue weighted by atomic mass is 16.5. The number of nitrogens with one attached hydrogen (secondary N) is 4. The van der Waals surface area contributed by atoms with Crippen molar-refractivity contribution in [3.05, 3.63) is 84.0 Å². The van der Waals surface area contributed by atoms with E-state index in [2.05, 4.69) is 21.4 Å². The van der Waals surface area contributed by atoms with E-state index in [-0.39, 0.29) is 67.6 Å². The number of hydrazine groups is 1. The monoisotopic (exact) mass is 1080 g/mol. The predicted octanol–water partition coefficient (Wildman–Crippen LogP) is 5.69. The van der Waals surface area contributed by atoms with Gasteiger partial charge in [-0.25, -0.2) is 5.43 Å². The number of ketones is 1. The van der Waals surface area contributed by atoms with Gasteiger partial charge in [0, 0.05) is 49.5 Å². The zero-order chi connectivity index (χ0) is 57.1. The molecule has 3 aliphatic heterocycles. The van der Waals surface area contributed by atoms with E-state index in [1.54, 1.807) is 45.9 Å². The first-order valence-corrected chi connectivity index (χ1v) is 28.2. The molecule has 1 aromatic carbocycles. The summed E-state index contributed by atoms with van der Waals surface area (Å²) >= 11 is 0. The molecular weight excluding hydrogens is 983 g/mol. The molecule has 0 radical (unpaired) electrons. The second kappa shape index (κ2) is 30.9. The first-order chi connectivity index (χ1) is 36.4. The average molecular weight is 1080 g/mol. The number of carbonyl (C=O) groups excluding carboxylic acids is 6. The number of amides is 4. The number of allylic oxidation sites excluding steroid dienone is 5. The molecular formula is C60H93N5O12. The van der Waals surface area contributed by atoms with Crippen molar-refractivity contribution in [2.45, 2.75) is 201 Å². The summed E-state index contributed by atoms with van der Waals surface area (Å²) in [6, 6.07) is 5.99. The lowest BCUT2D eigenvalue weighted by molar-refractivity contribution is -0.170. The van der Waals surface area contributed by atoms with Crippen LogP contribution >= 0.6 is 0 Å². The van der Waals surface area contributed by atoms with E-state index < -0.39 is 102 Å². The summed E-state index contributed by atoms with van der Waals surface area (Å²) in [5.41, 5.74) is 3.05. The predicted molar refractivity (Wildman–Crippen MR) is 296 cm³/mol. The zero-order valence-corrected chi connectivity index (χ0v) is 47.4. The van der Waals surface area contributed by atoms with Crippen molar-refractivity contribution in [1.29, 1.82) is 0 Å². The molecule has 4 amide bonds. The lowest BCUT2D eigenvalue weighted by Gasteiger charge is -2.47. The number of fused-ring (bicyclic) bond motifs is 2. The second-order valence-corrected chi connectivity index (χ2v) is 22.8. The minimum absolute atomic E-state index is 0.0173. The molecule has 2 fully saturated rings. The first kappa shape index (κ1) is 64.5. The molecule has 3 aliphatic rings. The van der Waals surface area contributed by atoms with Crippen LogP contribution in [0.1, 0.15) is 145 Å². The van der Waals surface area contributed by atoms with Crippen LogP contribution in [0.4, 0.5) is 0 Å². The molecule has 0 saturated carbocycles. The van der Waals surface area contributed by atoms with Crippen LogP contribution in [0, 0.1) is 47.3 Å². The van der Waals surface area contributed by atoms with Gasteiger partial charge in [0.2, 0.25) is 17.7 Å². The third-order valence-electron chi connectivity index (χ3n) is 16.4. The van der Waals surface area contributed by atoms with Crippen LogP contribution in [-0.4, -0.2) is 127 Å². The minimum Gasteiger partial charge on any atom is -0.456 e. The molecule has 2 bridgehead atoms.